The minimum atomic E-state index is 0.666. The molecule has 0 radical (unpaired) electrons. The van der Waals surface area contributed by atoms with Crippen LogP contribution < -0.4 is 0 Å². The maximum Gasteiger partial charge on any atom is 0.0991 e. The van der Waals surface area contributed by atoms with Crippen LogP contribution in [0.1, 0.15) is 5.56 Å². The van der Waals surface area contributed by atoms with Gasteiger partial charge in [0.2, 0.25) is 0 Å². The number of nitrogens with zero attached hydrogens (tertiary/aromatic N) is 3. The molecule has 0 aliphatic rings. The first-order valence-corrected chi connectivity index (χ1v) is 14.4. The highest BCUT2D eigenvalue weighted by molar-refractivity contribution is 6.24. The Morgan fingerprint density at radius 2 is 1.12 bits per heavy atom. The second kappa shape index (κ2) is 9.01. The lowest BCUT2D eigenvalue weighted by Gasteiger charge is -2.14. The van der Waals surface area contributed by atoms with E-state index in [0.29, 0.717) is 5.56 Å². The number of rotatable bonds is 3. The molecule has 9 aromatic rings. The average molecular weight is 546 g/mol. The van der Waals surface area contributed by atoms with E-state index in [9.17, 15) is 5.26 Å². The standard InChI is InChI=1S/C40H23N3/c41-23-25-8-14-37-35(17-25)36-22-26(13-15-38(36)43(37)34-6-2-1-3-7-34)32-18-27-9-11-29-20-33(31-5-4-16-42-24-31)21-30-12-10-28(19-32)39(27)40(29)30/h1-22,24H. The predicted octanol–water partition coefficient (Wildman–Crippen LogP) is 10.3. The number of nitriles is 1. The van der Waals surface area contributed by atoms with Gasteiger partial charge in [0.15, 0.2) is 0 Å². The average Bonchev–Trinajstić information content (AvgIpc) is 3.40. The summed E-state index contributed by atoms with van der Waals surface area (Å²) in [6, 6.07) is 47.7. The van der Waals surface area contributed by atoms with Gasteiger partial charge in [-0.15, -0.1) is 0 Å². The molecular formula is C40H23N3. The van der Waals surface area contributed by atoms with Crippen molar-refractivity contribution in [3.8, 4) is 34.0 Å². The van der Waals surface area contributed by atoms with Crippen LogP contribution in [0, 0.1) is 11.3 Å². The zero-order chi connectivity index (χ0) is 28.5. The molecule has 0 unspecified atom stereocenters. The van der Waals surface area contributed by atoms with E-state index in [0.717, 1.165) is 38.6 Å². The van der Waals surface area contributed by atoms with Gasteiger partial charge in [-0.2, -0.15) is 5.26 Å². The van der Waals surface area contributed by atoms with Gasteiger partial charge in [0.1, 0.15) is 0 Å². The van der Waals surface area contributed by atoms with Crippen LogP contribution in [0.25, 0.3) is 82.1 Å². The SMILES string of the molecule is N#Cc1ccc2c(c1)c1cc(-c3cc4ccc5cc(-c6cccnc6)cc6ccc(c3)c4c56)ccc1n2-c1ccccc1. The number of hydrogen-bond acceptors (Lipinski definition) is 2. The van der Waals surface area contributed by atoms with Gasteiger partial charge in [0.25, 0.3) is 0 Å². The lowest BCUT2D eigenvalue weighted by atomic mass is 9.89. The molecule has 3 nitrogen and oxygen atoms in total. The Balaban J connectivity index is 1.25. The van der Waals surface area contributed by atoms with Gasteiger partial charge in [0, 0.05) is 34.4 Å². The molecule has 43 heavy (non-hydrogen) atoms. The molecule has 0 aliphatic heterocycles. The van der Waals surface area contributed by atoms with Crippen LogP contribution in [0.2, 0.25) is 0 Å². The second-order valence-corrected chi connectivity index (χ2v) is 11.2. The van der Waals surface area contributed by atoms with E-state index in [1.54, 1.807) is 0 Å². The first-order valence-electron chi connectivity index (χ1n) is 14.4. The zero-order valence-corrected chi connectivity index (χ0v) is 23.1. The van der Waals surface area contributed by atoms with Crippen LogP contribution in [0.15, 0.2) is 140 Å². The van der Waals surface area contributed by atoms with Crippen LogP contribution in [-0.2, 0) is 0 Å². The largest absolute Gasteiger partial charge is 0.309 e. The summed E-state index contributed by atoms with van der Waals surface area (Å²) in [6.45, 7) is 0. The molecule has 0 amide bonds. The lowest BCUT2D eigenvalue weighted by Crippen LogP contribution is -1.93. The first kappa shape index (κ1) is 23.7. The van der Waals surface area contributed by atoms with E-state index in [1.165, 1.54) is 43.4 Å². The molecule has 2 aromatic heterocycles. The van der Waals surface area contributed by atoms with Gasteiger partial charge in [-0.05, 0) is 122 Å². The molecule has 2 heterocycles. The third-order valence-corrected chi connectivity index (χ3v) is 8.77. The maximum atomic E-state index is 9.67. The molecule has 7 aromatic carbocycles. The normalized spacial score (nSPS) is 11.7. The molecule has 0 fully saturated rings. The molecule has 9 rings (SSSR count). The molecule has 0 saturated heterocycles. The van der Waals surface area contributed by atoms with Crippen molar-refractivity contribution in [2.45, 2.75) is 0 Å². The zero-order valence-electron chi connectivity index (χ0n) is 23.1. The topological polar surface area (TPSA) is 41.6 Å². The maximum absolute atomic E-state index is 9.67. The monoisotopic (exact) mass is 545 g/mol. The van der Waals surface area contributed by atoms with Crippen molar-refractivity contribution in [2.75, 3.05) is 0 Å². The number of fused-ring (bicyclic) bond motifs is 3. The van der Waals surface area contributed by atoms with Crippen molar-refractivity contribution in [1.82, 2.24) is 9.55 Å². The van der Waals surface area contributed by atoms with Gasteiger partial charge in [0.05, 0.1) is 22.7 Å². The summed E-state index contributed by atoms with van der Waals surface area (Å²) in [5.41, 5.74) is 8.64. The fourth-order valence-electron chi connectivity index (χ4n) is 6.83. The third kappa shape index (κ3) is 3.57. The molecule has 0 bridgehead atoms. The van der Waals surface area contributed by atoms with Crippen molar-refractivity contribution in [3.63, 3.8) is 0 Å². The summed E-state index contributed by atoms with van der Waals surface area (Å²) < 4.78 is 2.29. The minimum absolute atomic E-state index is 0.666. The molecule has 0 saturated carbocycles. The van der Waals surface area contributed by atoms with Crippen LogP contribution in [0.3, 0.4) is 0 Å². The van der Waals surface area contributed by atoms with Gasteiger partial charge in [-0.3, -0.25) is 4.98 Å². The Morgan fingerprint density at radius 1 is 0.512 bits per heavy atom. The Hall–Kier alpha value is -5.98. The number of hydrogen-bond donors (Lipinski definition) is 0. The third-order valence-electron chi connectivity index (χ3n) is 8.77. The van der Waals surface area contributed by atoms with E-state index in [2.05, 4.69) is 119 Å². The van der Waals surface area contributed by atoms with Gasteiger partial charge < -0.3 is 4.57 Å². The first-order chi connectivity index (χ1) is 21.2. The fraction of sp³-hybridized carbons (Fsp3) is 0. The fourth-order valence-corrected chi connectivity index (χ4v) is 6.83. The van der Waals surface area contributed by atoms with Crippen molar-refractivity contribution in [3.05, 3.63) is 145 Å². The minimum Gasteiger partial charge on any atom is -0.309 e. The van der Waals surface area contributed by atoms with Gasteiger partial charge >= 0.3 is 0 Å². The molecule has 0 N–H and O–H groups in total. The number of pyridine rings is 1. The van der Waals surface area contributed by atoms with Crippen molar-refractivity contribution in [1.29, 1.82) is 5.26 Å². The second-order valence-electron chi connectivity index (χ2n) is 11.2. The Kier molecular flexibility index (Phi) is 4.97. The van der Waals surface area contributed by atoms with Crippen molar-refractivity contribution >= 4 is 54.1 Å². The highest BCUT2D eigenvalue weighted by Gasteiger charge is 2.16. The van der Waals surface area contributed by atoms with Crippen LogP contribution in [-0.4, -0.2) is 9.55 Å². The van der Waals surface area contributed by atoms with E-state index >= 15 is 0 Å². The van der Waals surface area contributed by atoms with E-state index in [1.807, 2.05) is 36.7 Å². The molecule has 0 aliphatic carbocycles. The smallest absolute Gasteiger partial charge is 0.0991 e. The van der Waals surface area contributed by atoms with Crippen LogP contribution in [0.5, 0.6) is 0 Å². The summed E-state index contributed by atoms with van der Waals surface area (Å²) in [5, 5.41) is 19.5. The molecule has 0 spiro atoms. The van der Waals surface area contributed by atoms with Crippen molar-refractivity contribution < 1.29 is 0 Å². The summed E-state index contributed by atoms with van der Waals surface area (Å²) in [4.78, 5) is 4.32. The molecular weight excluding hydrogens is 522 g/mol. The Labute approximate surface area is 247 Å². The molecule has 3 heteroatoms. The van der Waals surface area contributed by atoms with E-state index in [-0.39, 0.29) is 0 Å². The molecule has 0 atom stereocenters. The summed E-state index contributed by atoms with van der Waals surface area (Å²) in [7, 11) is 0. The highest BCUT2D eigenvalue weighted by atomic mass is 15.0. The van der Waals surface area contributed by atoms with Gasteiger partial charge in [-0.25, -0.2) is 0 Å². The Bertz CT molecular complexity index is 2490. The number of para-hydroxylation sites is 1. The van der Waals surface area contributed by atoms with Crippen LogP contribution in [0.4, 0.5) is 0 Å². The van der Waals surface area contributed by atoms with Crippen molar-refractivity contribution in [2.24, 2.45) is 0 Å². The number of benzene rings is 7. The summed E-state index contributed by atoms with van der Waals surface area (Å²) >= 11 is 0. The van der Waals surface area contributed by atoms with Crippen LogP contribution >= 0.6 is 0 Å². The summed E-state index contributed by atoms with van der Waals surface area (Å²) in [6.07, 6.45) is 3.74. The number of aromatic nitrogens is 2. The quantitative estimate of drug-likeness (QED) is 0.207. The summed E-state index contributed by atoms with van der Waals surface area (Å²) in [5.74, 6) is 0. The van der Waals surface area contributed by atoms with E-state index in [4.69, 9.17) is 0 Å². The van der Waals surface area contributed by atoms with E-state index < -0.39 is 0 Å². The Morgan fingerprint density at radius 3 is 1.72 bits per heavy atom. The predicted molar refractivity (Wildman–Crippen MR) is 178 cm³/mol. The highest BCUT2D eigenvalue weighted by Crippen LogP contribution is 2.41. The molecule has 198 valence electrons. The van der Waals surface area contributed by atoms with Gasteiger partial charge in [-0.1, -0.05) is 54.6 Å². The lowest BCUT2D eigenvalue weighted by molar-refractivity contribution is 1.18.